The Morgan fingerprint density at radius 1 is 1.11 bits per heavy atom. The van der Waals surface area contributed by atoms with E-state index in [-0.39, 0.29) is 5.82 Å². The van der Waals surface area contributed by atoms with Crippen molar-refractivity contribution in [2.45, 2.75) is 26.0 Å². The van der Waals surface area contributed by atoms with Gasteiger partial charge in [0, 0.05) is 12.1 Å². The molecule has 0 atom stereocenters. The lowest BCUT2D eigenvalue weighted by atomic mass is 9.97. The molecule has 0 radical (unpaired) electrons. The van der Waals surface area contributed by atoms with E-state index >= 15 is 0 Å². The fourth-order valence-corrected chi connectivity index (χ4v) is 2.04. The molecule has 0 spiro atoms. The van der Waals surface area contributed by atoms with Gasteiger partial charge in [-0.05, 0) is 37.6 Å². The third-order valence-electron chi connectivity index (χ3n) is 3.03. The van der Waals surface area contributed by atoms with Crippen LogP contribution in [0.5, 0.6) is 5.75 Å². The van der Waals surface area contributed by atoms with Crippen molar-refractivity contribution in [1.29, 1.82) is 0 Å². The maximum atomic E-state index is 13.8. The maximum Gasteiger partial charge on any atom is 0.131 e. The predicted octanol–water partition coefficient (Wildman–Crippen LogP) is 3.60. The van der Waals surface area contributed by atoms with Crippen LogP contribution in [0.1, 0.15) is 25.0 Å². The summed E-state index contributed by atoms with van der Waals surface area (Å²) in [5.74, 6) is 0.429. The van der Waals surface area contributed by atoms with Gasteiger partial charge in [-0.2, -0.15) is 0 Å². The minimum absolute atomic E-state index is 0.262. The molecule has 2 nitrogen and oxygen atoms in total. The monoisotopic (exact) mass is 259 g/mol. The summed E-state index contributed by atoms with van der Waals surface area (Å²) < 4.78 is 19.7. The van der Waals surface area contributed by atoms with E-state index in [2.05, 4.69) is 0 Å². The van der Waals surface area contributed by atoms with Gasteiger partial charge in [-0.25, -0.2) is 4.39 Å². The molecule has 100 valence electrons. The fraction of sp³-hybridized carbons (Fsp3) is 0.250. The van der Waals surface area contributed by atoms with E-state index in [1.165, 1.54) is 6.07 Å². The van der Waals surface area contributed by atoms with E-state index in [1.807, 2.05) is 38.1 Å². The summed E-state index contributed by atoms with van der Waals surface area (Å²) in [6, 6.07) is 14.2. The van der Waals surface area contributed by atoms with Crippen LogP contribution in [0, 0.1) is 5.82 Å². The number of hydrogen-bond donors (Lipinski definition) is 1. The van der Waals surface area contributed by atoms with E-state index in [4.69, 9.17) is 10.5 Å². The van der Waals surface area contributed by atoms with Gasteiger partial charge in [0.05, 0.1) is 0 Å². The zero-order chi connectivity index (χ0) is 13.9. The van der Waals surface area contributed by atoms with Crippen LogP contribution in [0.2, 0.25) is 0 Å². The maximum absolute atomic E-state index is 13.8. The average Bonchev–Trinajstić information content (AvgIpc) is 2.38. The minimum Gasteiger partial charge on any atom is -0.483 e. The Bertz CT molecular complexity index is 566. The molecule has 19 heavy (non-hydrogen) atoms. The molecule has 0 amide bonds. The summed E-state index contributed by atoms with van der Waals surface area (Å²) in [6.07, 6.45) is 0. The molecule has 0 fully saturated rings. The van der Waals surface area contributed by atoms with Gasteiger partial charge in [0.2, 0.25) is 0 Å². The third-order valence-corrected chi connectivity index (χ3v) is 3.03. The first-order valence-electron chi connectivity index (χ1n) is 6.26. The summed E-state index contributed by atoms with van der Waals surface area (Å²) in [5.41, 5.74) is 6.39. The van der Waals surface area contributed by atoms with E-state index in [0.717, 1.165) is 5.56 Å². The van der Waals surface area contributed by atoms with Crippen LogP contribution in [0.25, 0.3) is 0 Å². The van der Waals surface area contributed by atoms with Crippen LogP contribution < -0.4 is 10.5 Å². The van der Waals surface area contributed by atoms with Crippen LogP contribution in [0.3, 0.4) is 0 Å². The second kappa shape index (κ2) is 5.41. The molecular weight excluding hydrogens is 241 g/mol. The standard InChI is InChI=1S/C16H18FNO/c1-16(2,14-8-3-4-9-15(14)17)19-13-7-5-6-12(10-13)11-18/h3-10H,11,18H2,1-2H3. The van der Waals surface area contributed by atoms with Crippen molar-refractivity contribution in [2.24, 2.45) is 5.73 Å². The number of hydrogen-bond acceptors (Lipinski definition) is 2. The molecule has 0 unspecified atom stereocenters. The molecule has 0 saturated heterocycles. The highest BCUT2D eigenvalue weighted by Gasteiger charge is 2.25. The van der Waals surface area contributed by atoms with Gasteiger partial charge < -0.3 is 10.5 Å². The van der Waals surface area contributed by atoms with Crippen LogP contribution >= 0.6 is 0 Å². The average molecular weight is 259 g/mol. The number of benzene rings is 2. The Hall–Kier alpha value is -1.87. The van der Waals surface area contributed by atoms with Gasteiger partial charge in [0.1, 0.15) is 17.2 Å². The predicted molar refractivity (Wildman–Crippen MR) is 74.4 cm³/mol. The molecule has 2 aromatic carbocycles. The summed E-state index contributed by atoms with van der Waals surface area (Å²) in [5, 5.41) is 0. The Balaban J connectivity index is 2.28. The van der Waals surface area contributed by atoms with Crippen LogP contribution in [-0.2, 0) is 12.1 Å². The van der Waals surface area contributed by atoms with E-state index in [1.54, 1.807) is 18.2 Å². The second-order valence-corrected chi connectivity index (χ2v) is 4.94. The van der Waals surface area contributed by atoms with Crippen molar-refractivity contribution >= 4 is 0 Å². The summed E-state index contributed by atoms with van der Waals surface area (Å²) in [6.45, 7) is 4.15. The number of nitrogens with two attached hydrogens (primary N) is 1. The number of rotatable bonds is 4. The van der Waals surface area contributed by atoms with Gasteiger partial charge in [-0.15, -0.1) is 0 Å². The summed E-state index contributed by atoms with van der Waals surface area (Å²) >= 11 is 0. The lowest BCUT2D eigenvalue weighted by Gasteiger charge is -2.27. The summed E-state index contributed by atoms with van der Waals surface area (Å²) in [7, 11) is 0. The molecule has 0 aliphatic carbocycles. The largest absolute Gasteiger partial charge is 0.483 e. The summed E-state index contributed by atoms with van der Waals surface area (Å²) in [4.78, 5) is 0. The molecule has 3 heteroatoms. The zero-order valence-electron chi connectivity index (χ0n) is 11.2. The number of halogens is 1. The number of ether oxygens (including phenoxy) is 1. The molecule has 0 aliphatic heterocycles. The Morgan fingerprint density at radius 2 is 1.84 bits per heavy atom. The van der Waals surface area contributed by atoms with Crippen molar-refractivity contribution < 1.29 is 9.13 Å². The van der Waals surface area contributed by atoms with Gasteiger partial charge >= 0.3 is 0 Å². The van der Waals surface area contributed by atoms with Crippen LogP contribution in [0.4, 0.5) is 4.39 Å². The van der Waals surface area contributed by atoms with Crippen molar-refractivity contribution in [3.63, 3.8) is 0 Å². The quantitative estimate of drug-likeness (QED) is 0.910. The van der Waals surface area contributed by atoms with Crippen molar-refractivity contribution in [1.82, 2.24) is 0 Å². The zero-order valence-corrected chi connectivity index (χ0v) is 11.2. The van der Waals surface area contributed by atoms with E-state index in [9.17, 15) is 4.39 Å². The highest BCUT2D eigenvalue weighted by Crippen LogP contribution is 2.29. The first kappa shape index (κ1) is 13.6. The fourth-order valence-electron chi connectivity index (χ4n) is 2.04. The first-order valence-corrected chi connectivity index (χ1v) is 6.26. The second-order valence-electron chi connectivity index (χ2n) is 4.94. The van der Waals surface area contributed by atoms with Crippen molar-refractivity contribution in [3.8, 4) is 5.75 Å². The molecule has 0 heterocycles. The highest BCUT2D eigenvalue weighted by atomic mass is 19.1. The first-order chi connectivity index (χ1) is 9.03. The van der Waals surface area contributed by atoms with E-state index in [0.29, 0.717) is 17.9 Å². The van der Waals surface area contributed by atoms with Gasteiger partial charge in [-0.3, -0.25) is 0 Å². The smallest absolute Gasteiger partial charge is 0.131 e. The van der Waals surface area contributed by atoms with Crippen LogP contribution in [-0.4, -0.2) is 0 Å². The SMILES string of the molecule is CC(C)(Oc1cccc(CN)c1)c1ccccc1F. The highest BCUT2D eigenvalue weighted by molar-refractivity contribution is 5.31. The lowest BCUT2D eigenvalue weighted by Crippen LogP contribution is -2.26. The molecular formula is C16H18FNO. The Labute approximate surface area is 113 Å². The van der Waals surface area contributed by atoms with Gasteiger partial charge in [0.15, 0.2) is 0 Å². The Morgan fingerprint density at radius 3 is 2.53 bits per heavy atom. The Kier molecular flexibility index (Phi) is 3.86. The van der Waals surface area contributed by atoms with Crippen molar-refractivity contribution in [2.75, 3.05) is 0 Å². The van der Waals surface area contributed by atoms with Crippen LogP contribution in [0.15, 0.2) is 48.5 Å². The molecule has 2 rings (SSSR count). The molecule has 0 aliphatic rings. The molecule has 0 saturated carbocycles. The molecule has 0 bridgehead atoms. The molecule has 2 N–H and O–H groups in total. The van der Waals surface area contributed by atoms with Gasteiger partial charge in [-0.1, -0.05) is 30.3 Å². The van der Waals surface area contributed by atoms with Gasteiger partial charge in [0.25, 0.3) is 0 Å². The van der Waals surface area contributed by atoms with E-state index < -0.39 is 5.60 Å². The minimum atomic E-state index is -0.738. The normalized spacial score (nSPS) is 11.4. The van der Waals surface area contributed by atoms with Crippen molar-refractivity contribution in [3.05, 3.63) is 65.5 Å². The topological polar surface area (TPSA) is 35.2 Å². The molecule has 0 aromatic heterocycles. The lowest BCUT2D eigenvalue weighted by molar-refractivity contribution is 0.104. The third kappa shape index (κ3) is 3.12. The molecule has 2 aromatic rings.